The third-order valence-corrected chi connectivity index (χ3v) is 5.39. The van der Waals surface area contributed by atoms with Gasteiger partial charge in [0.05, 0.1) is 13.2 Å². The van der Waals surface area contributed by atoms with Gasteiger partial charge in [-0.05, 0) is 70.3 Å². The SMILES string of the molecule is CNC1CC2(CCNC2)C1.COc1ccc(C)cc1.O=CO.OC1CCNC1. The first kappa shape index (κ1) is 24.4. The van der Waals surface area contributed by atoms with Crippen molar-refractivity contribution in [1.29, 1.82) is 0 Å². The van der Waals surface area contributed by atoms with Crippen molar-refractivity contribution in [3.8, 4) is 5.75 Å². The summed E-state index contributed by atoms with van der Waals surface area (Å²) in [6.45, 7) is 6.10. The van der Waals surface area contributed by atoms with Gasteiger partial charge in [0.2, 0.25) is 0 Å². The van der Waals surface area contributed by atoms with Crippen molar-refractivity contribution in [3.63, 3.8) is 0 Å². The molecule has 1 atom stereocenters. The Hall–Kier alpha value is -1.67. The van der Waals surface area contributed by atoms with Crippen LogP contribution < -0.4 is 20.7 Å². The van der Waals surface area contributed by atoms with Gasteiger partial charge in [0.15, 0.2) is 0 Å². The fourth-order valence-corrected chi connectivity index (χ4v) is 3.65. The normalized spacial score (nSPS) is 27.1. The summed E-state index contributed by atoms with van der Waals surface area (Å²) in [7, 11) is 3.74. The van der Waals surface area contributed by atoms with Crippen LogP contribution in [0.2, 0.25) is 0 Å². The molecule has 3 fully saturated rings. The van der Waals surface area contributed by atoms with Crippen LogP contribution >= 0.6 is 0 Å². The second kappa shape index (κ2) is 13.5. The van der Waals surface area contributed by atoms with Crippen LogP contribution in [-0.4, -0.2) is 69.2 Å². The molecule has 160 valence electrons. The van der Waals surface area contributed by atoms with Gasteiger partial charge in [0, 0.05) is 19.1 Å². The van der Waals surface area contributed by atoms with Crippen molar-refractivity contribution in [2.45, 2.75) is 44.8 Å². The molecule has 2 aliphatic heterocycles. The predicted molar refractivity (Wildman–Crippen MR) is 112 cm³/mol. The highest BCUT2D eigenvalue weighted by Crippen LogP contribution is 2.45. The monoisotopic (exact) mass is 395 g/mol. The number of carbonyl (C=O) groups is 1. The molecule has 0 bridgehead atoms. The van der Waals surface area contributed by atoms with E-state index in [0.29, 0.717) is 5.41 Å². The van der Waals surface area contributed by atoms with Crippen LogP contribution in [0, 0.1) is 12.3 Å². The lowest BCUT2D eigenvalue weighted by Crippen LogP contribution is -2.48. The van der Waals surface area contributed by atoms with Gasteiger partial charge in [-0.2, -0.15) is 0 Å². The van der Waals surface area contributed by atoms with Gasteiger partial charge in [-0.3, -0.25) is 4.79 Å². The average Bonchev–Trinajstić information content (AvgIpc) is 3.34. The van der Waals surface area contributed by atoms with Crippen molar-refractivity contribution in [3.05, 3.63) is 29.8 Å². The second-order valence-corrected chi connectivity index (χ2v) is 7.59. The highest BCUT2D eigenvalue weighted by Gasteiger charge is 2.44. The molecule has 28 heavy (non-hydrogen) atoms. The minimum absolute atomic E-state index is 0.0648. The molecule has 1 saturated carbocycles. The molecule has 0 radical (unpaired) electrons. The van der Waals surface area contributed by atoms with Crippen LogP contribution in [0.4, 0.5) is 0 Å². The summed E-state index contributed by atoms with van der Waals surface area (Å²) >= 11 is 0. The van der Waals surface area contributed by atoms with Crippen molar-refractivity contribution >= 4 is 6.47 Å². The summed E-state index contributed by atoms with van der Waals surface area (Å²) in [5.41, 5.74) is 1.98. The van der Waals surface area contributed by atoms with E-state index in [9.17, 15) is 0 Å². The van der Waals surface area contributed by atoms with Crippen LogP contribution in [0.25, 0.3) is 0 Å². The van der Waals surface area contributed by atoms with Gasteiger partial charge in [0.1, 0.15) is 5.75 Å². The smallest absolute Gasteiger partial charge is 0.290 e. The minimum atomic E-state index is -0.250. The van der Waals surface area contributed by atoms with Gasteiger partial charge in [0.25, 0.3) is 6.47 Å². The lowest BCUT2D eigenvalue weighted by Gasteiger charge is -2.44. The molecular formula is C21H37N3O4. The summed E-state index contributed by atoms with van der Waals surface area (Å²) in [5, 5.41) is 25.3. The van der Waals surface area contributed by atoms with E-state index in [2.05, 4.69) is 29.9 Å². The van der Waals surface area contributed by atoms with Crippen molar-refractivity contribution in [2.75, 3.05) is 40.3 Å². The fraction of sp³-hybridized carbons (Fsp3) is 0.667. The molecule has 0 amide bonds. The molecule has 1 aromatic carbocycles. The molecule has 7 heteroatoms. The van der Waals surface area contributed by atoms with Gasteiger partial charge in [-0.1, -0.05) is 17.7 Å². The van der Waals surface area contributed by atoms with Crippen LogP contribution in [-0.2, 0) is 4.79 Å². The van der Waals surface area contributed by atoms with E-state index in [0.717, 1.165) is 31.3 Å². The van der Waals surface area contributed by atoms with Crippen LogP contribution in [0.3, 0.4) is 0 Å². The number of carboxylic acid groups (broad SMARTS) is 1. The summed E-state index contributed by atoms with van der Waals surface area (Å²) < 4.78 is 4.97. The number of hydrogen-bond acceptors (Lipinski definition) is 6. The third-order valence-electron chi connectivity index (χ3n) is 5.39. The van der Waals surface area contributed by atoms with Gasteiger partial charge < -0.3 is 30.9 Å². The van der Waals surface area contributed by atoms with E-state index < -0.39 is 0 Å². The quantitative estimate of drug-likeness (QED) is 0.482. The van der Waals surface area contributed by atoms with E-state index >= 15 is 0 Å². The Bertz CT molecular complexity index is 519. The molecule has 1 unspecified atom stereocenters. The molecule has 1 aromatic rings. The Morgan fingerprint density at radius 1 is 1.21 bits per heavy atom. The average molecular weight is 396 g/mol. The molecular weight excluding hydrogens is 358 g/mol. The number of aliphatic hydroxyl groups excluding tert-OH is 1. The zero-order valence-corrected chi connectivity index (χ0v) is 17.4. The maximum Gasteiger partial charge on any atom is 0.290 e. The Labute approximate surface area is 168 Å². The van der Waals surface area contributed by atoms with E-state index in [1.54, 1.807) is 7.11 Å². The molecule has 1 aliphatic carbocycles. The van der Waals surface area contributed by atoms with Gasteiger partial charge in [-0.25, -0.2) is 0 Å². The fourth-order valence-electron chi connectivity index (χ4n) is 3.65. The highest BCUT2D eigenvalue weighted by atomic mass is 16.5. The first-order chi connectivity index (χ1) is 13.5. The Balaban J connectivity index is 0.000000201. The number of benzene rings is 1. The number of methoxy groups -OCH3 is 1. The Morgan fingerprint density at radius 2 is 1.86 bits per heavy atom. The number of nitrogens with one attached hydrogen (secondary N) is 3. The number of β-amino-alcohol motifs (C(OH)–C–C–N with tert-alkyl or cyclic N) is 1. The van der Waals surface area contributed by atoms with Crippen molar-refractivity contribution < 1.29 is 19.7 Å². The second-order valence-electron chi connectivity index (χ2n) is 7.59. The van der Waals surface area contributed by atoms with E-state index in [4.69, 9.17) is 19.7 Å². The van der Waals surface area contributed by atoms with E-state index in [1.807, 2.05) is 24.3 Å². The zero-order chi connectivity index (χ0) is 20.8. The van der Waals surface area contributed by atoms with Gasteiger partial charge >= 0.3 is 0 Å². The van der Waals surface area contributed by atoms with Crippen LogP contribution in [0.15, 0.2) is 24.3 Å². The topological polar surface area (TPSA) is 103 Å². The molecule has 2 saturated heterocycles. The molecule has 2 heterocycles. The molecule has 7 nitrogen and oxygen atoms in total. The van der Waals surface area contributed by atoms with Crippen molar-refractivity contribution in [1.82, 2.24) is 16.0 Å². The number of aliphatic hydroxyl groups is 1. The molecule has 5 N–H and O–H groups in total. The van der Waals surface area contributed by atoms with Crippen molar-refractivity contribution in [2.24, 2.45) is 5.41 Å². The van der Waals surface area contributed by atoms with Crippen LogP contribution in [0.1, 0.15) is 31.2 Å². The zero-order valence-electron chi connectivity index (χ0n) is 17.4. The summed E-state index contributed by atoms with van der Waals surface area (Å²) in [4.78, 5) is 8.36. The molecule has 3 aliphatic rings. The molecule has 1 spiro atoms. The predicted octanol–water partition coefficient (Wildman–Crippen LogP) is 1.39. The number of hydrogen-bond donors (Lipinski definition) is 5. The number of rotatable bonds is 2. The maximum atomic E-state index is 8.67. The lowest BCUT2D eigenvalue weighted by molar-refractivity contribution is -0.122. The molecule has 0 aromatic heterocycles. The van der Waals surface area contributed by atoms with E-state index in [-0.39, 0.29) is 12.6 Å². The van der Waals surface area contributed by atoms with Crippen LogP contribution in [0.5, 0.6) is 5.75 Å². The van der Waals surface area contributed by atoms with Gasteiger partial charge in [-0.15, -0.1) is 0 Å². The largest absolute Gasteiger partial charge is 0.497 e. The molecule has 4 rings (SSSR count). The first-order valence-electron chi connectivity index (χ1n) is 9.94. The number of ether oxygens (including phenoxy) is 1. The lowest BCUT2D eigenvalue weighted by atomic mass is 9.65. The first-order valence-corrected chi connectivity index (χ1v) is 9.94. The minimum Gasteiger partial charge on any atom is -0.497 e. The number of aryl methyl sites for hydroxylation is 1. The standard InChI is InChI=1S/C8H16N2.C8H10O.C4H9NO.CH2O2/c1-9-7-4-8(5-7)2-3-10-6-8;1-7-3-5-8(9-2)6-4-7;6-4-1-2-5-3-4;2-1-3/h7,9-10H,2-6H2,1H3;3-6H,1-2H3;4-6H,1-3H2;1H,(H,2,3). The summed E-state index contributed by atoms with van der Waals surface area (Å²) in [6, 6.07) is 8.78. The summed E-state index contributed by atoms with van der Waals surface area (Å²) in [6.07, 6.45) is 5.07. The van der Waals surface area contributed by atoms with E-state index in [1.165, 1.54) is 37.9 Å². The third kappa shape index (κ3) is 9.01. The Kier molecular flexibility index (Phi) is 11.7. The Morgan fingerprint density at radius 3 is 2.21 bits per heavy atom. The highest BCUT2D eigenvalue weighted by molar-refractivity contribution is 5.32. The summed E-state index contributed by atoms with van der Waals surface area (Å²) in [5.74, 6) is 0.917. The maximum absolute atomic E-state index is 8.67.